The Hall–Kier alpha value is -1.02. The number of alkyl halides is 1. The molecular formula is C9H11ClN2. The molecule has 1 aromatic heterocycles. The van der Waals surface area contributed by atoms with Crippen molar-refractivity contribution in [1.82, 2.24) is 9.55 Å². The van der Waals surface area contributed by atoms with E-state index in [0.29, 0.717) is 5.88 Å². The molecule has 0 bridgehead atoms. The van der Waals surface area contributed by atoms with Crippen LogP contribution in [0.25, 0.3) is 12.3 Å². The molecule has 0 aliphatic rings. The van der Waals surface area contributed by atoms with Crippen LogP contribution in [0.2, 0.25) is 0 Å². The van der Waals surface area contributed by atoms with E-state index >= 15 is 0 Å². The summed E-state index contributed by atoms with van der Waals surface area (Å²) in [6.07, 6.45) is 7.45. The highest BCUT2D eigenvalue weighted by Crippen LogP contribution is 2.07. The third kappa shape index (κ3) is 1.77. The Labute approximate surface area is 77.2 Å². The minimum atomic E-state index is 0.436. The first kappa shape index (κ1) is 9.07. The van der Waals surface area contributed by atoms with Gasteiger partial charge in [0.15, 0.2) is 0 Å². The van der Waals surface area contributed by atoms with Crippen molar-refractivity contribution >= 4 is 23.9 Å². The monoisotopic (exact) mass is 182 g/mol. The molecule has 64 valence electrons. The van der Waals surface area contributed by atoms with Crippen molar-refractivity contribution in [3.63, 3.8) is 0 Å². The van der Waals surface area contributed by atoms with Crippen molar-refractivity contribution in [2.24, 2.45) is 0 Å². The molecule has 0 saturated carbocycles. The van der Waals surface area contributed by atoms with Gasteiger partial charge in [0.25, 0.3) is 0 Å². The van der Waals surface area contributed by atoms with Crippen molar-refractivity contribution in [3.8, 4) is 0 Å². The van der Waals surface area contributed by atoms with Crippen molar-refractivity contribution in [1.29, 1.82) is 0 Å². The average Bonchev–Trinajstić information content (AvgIpc) is 2.48. The lowest BCUT2D eigenvalue weighted by atomic mass is 10.5. The molecule has 0 unspecified atom stereocenters. The molecule has 0 saturated heterocycles. The van der Waals surface area contributed by atoms with Gasteiger partial charge in [0.1, 0.15) is 5.82 Å². The van der Waals surface area contributed by atoms with Crippen LogP contribution in [0.3, 0.4) is 0 Å². The van der Waals surface area contributed by atoms with E-state index in [0.717, 1.165) is 11.5 Å². The van der Waals surface area contributed by atoms with E-state index in [1.54, 1.807) is 6.08 Å². The third-order valence-electron chi connectivity index (χ3n) is 1.44. The van der Waals surface area contributed by atoms with Crippen LogP contribution in [0, 0.1) is 0 Å². The number of rotatable bonds is 3. The first-order valence-electron chi connectivity index (χ1n) is 3.70. The molecule has 0 N–H and O–H groups in total. The second-order valence-corrected chi connectivity index (χ2v) is 2.59. The normalized spacial score (nSPS) is 10.8. The lowest BCUT2D eigenvalue weighted by Crippen LogP contribution is -1.86. The van der Waals surface area contributed by atoms with Gasteiger partial charge in [-0.3, -0.25) is 0 Å². The van der Waals surface area contributed by atoms with E-state index in [1.807, 2.05) is 30.0 Å². The van der Waals surface area contributed by atoms with Gasteiger partial charge >= 0.3 is 0 Å². The largest absolute Gasteiger partial charge is 0.307 e. The summed E-state index contributed by atoms with van der Waals surface area (Å²) in [6, 6.07) is 0. The molecule has 0 atom stereocenters. The predicted molar refractivity (Wildman–Crippen MR) is 52.9 cm³/mol. The number of hydrogen-bond acceptors (Lipinski definition) is 1. The maximum atomic E-state index is 5.64. The van der Waals surface area contributed by atoms with Gasteiger partial charge in [-0.15, -0.1) is 11.6 Å². The standard InChI is InChI=1S/C9H11ClN2/c1-3-5-12-7-8(6-10)11-9(12)4-2/h3-5,7H,2,6H2,1H3/b5-3-. The molecule has 1 heterocycles. The zero-order valence-corrected chi connectivity index (χ0v) is 7.75. The molecule has 0 spiro atoms. The van der Waals surface area contributed by atoms with Crippen LogP contribution >= 0.6 is 11.6 Å². The zero-order valence-electron chi connectivity index (χ0n) is 7.00. The Morgan fingerprint density at radius 3 is 3.00 bits per heavy atom. The SMILES string of the molecule is C=Cc1nc(CCl)cn1/C=C\C. The van der Waals surface area contributed by atoms with Crippen LogP contribution in [0.15, 0.2) is 18.9 Å². The summed E-state index contributed by atoms with van der Waals surface area (Å²) >= 11 is 5.64. The number of nitrogens with zero attached hydrogens (tertiary/aromatic N) is 2. The van der Waals surface area contributed by atoms with Crippen LogP contribution in [-0.4, -0.2) is 9.55 Å². The Bertz CT molecular complexity index is 299. The van der Waals surface area contributed by atoms with Gasteiger partial charge in [-0.1, -0.05) is 12.7 Å². The molecule has 1 rings (SSSR count). The molecule has 0 aromatic carbocycles. The van der Waals surface area contributed by atoms with Gasteiger partial charge in [-0.25, -0.2) is 4.98 Å². The first-order valence-corrected chi connectivity index (χ1v) is 4.24. The highest BCUT2D eigenvalue weighted by atomic mass is 35.5. The molecule has 12 heavy (non-hydrogen) atoms. The Morgan fingerprint density at radius 2 is 2.50 bits per heavy atom. The summed E-state index contributed by atoms with van der Waals surface area (Å²) in [4.78, 5) is 4.23. The van der Waals surface area contributed by atoms with Gasteiger partial charge in [0, 0.05) is 12.4 Å². The molecule has 3 heteroatoms. The molecular weight excluding hydrogens is 172 g/mol. The van der Waals surface area contributed by atoms with E-state index in [2.05, 4.69) is 11.6 Å². The van der Waals surface area contributed by atoms with Gasteiger partial charge in [-0.05, 0) is 13.0 Å². The van der Waals surface area contributed by atoms with Crippen LogP contribution in [0.5, 0.6) is 0 Å². The number of halogens is 1. The summed E-state index contributed by atoms with van der Waals surface area (Å²) in [5, 5.41) is 0. The summed E-state index contributed by atoms with van der Waals surface area (Å²) < 4.78 is 1.89. The van der Waals surface area contributed by atoms with Crippen LogP contribution in [0.4, 0.5) is 0 Å². The molecule has 0 aliphatic heterocycles. The number of allylic oxidation sites excluding steroid dienone is 1. The average molecular weight is 183 g/mol. The highest BCUT2D eigenvalue weighted by molar-refractivity contribution is 6.16. The van der Waals surface area contributed by atoms with E-state index < -0.39 is 0 Å². The second kappa shape index (κ2) is 4.12. The minimum absolute atomic E-state index is 0.436. The van der Waals surface area contributed by atoms with E-state index in [1.165, 1.54) is 0 Å². The number of imidazole rings is 1. The van der Waals surface area contributed by atoms with E-state index in [-0.39, 0.29) is 0 Å². The Balaban J connectivity index is 3.07. The van der Waals surface area contributed by atoms with Crippen LogP contribution in [0.1, 0.15) is 18.4 Å². The van der Waals surface area contributed by atoms with Gasteiger partial charge in [0.2, 0.25) is 0 Å². The number of aromatic nitrogens is 2. The van der Waals surface area contributed by atoms with Crippen LogP contribution < -0.4 is 0 Å². The van der Waals surface area contributed by atoms with Gasteiger partial charge < -0.3 is 4.57 Å². The highest BCUT2D eigenvalue weighted by Gasteiger charge is 2.00. The summed E-state index contributed by atoms with van der Waals surface area (Å²) in [6.45, 7) is 5.61. The lowest BCUT2D eigenvalue weighted by Gasteiger charge is -1.93. The summed E-state index contributed by atoms with van der Waals surface area (Å²) in [5.41, 5.74) is 0.865. The summed E-state index contributed by atoms with van der Waals surface area (Å²) in [7, 11) is 0. The van der Waals surface area contributed by atoms with E-state index in [9.17, 15) is 0 Å². The lowest BCUT2D eigenvalue weighted by molar-refractivity contribution is 1.10. The van der Waals surface area contributed by atoms with Gasteiger partial charge in [-0.2, -0.15) is 0 Å². The molecule has 0 radical (unpaired) electrons. The number of hydrogen-bond donors (Lipinski definition) is 0. The molecule has 1 aromatic rings. The van der Waals surface area contributed by atoms with Gasteiger partial charge in [0.05, 0.1) is 11.6 Å². The fourth-order valence-electron chi connectivity index (χ4n) is 0.956. The predicted octanol–water partition coefficient (Wildman–Crippen LogP) is 2.76. The molecule has 0 aliphatic carbocycles. The minimum Gasteiger partial charge on any atom is -0.307 e. The van der Waals surface area contributed by atoms with E-state index in [4.69, 9.17) is 11.6 Å². The third-order valence-corrected chi connectivity index (χ3v) is 1.71. The molecule has 2 nitrogen and oxygen atoms in total. The second-order valence-electron chi connectivity index (χ2n) is 2.32. The van der Waals surface area contributed by atoms with Crippen LogP contribution in [-0.2, 0) is 5.88 Å². The summed E-state index contributed by atoms with van der Waals surface area (Å²) in [5.74, 6) is 1.26. The fraction of sp³-hybridized carbons (Fsp3) is 0.222. The topological polar surface area (TPSA) is 17.8 Å². The van der Waals surface area contributed by atoms with Crippen molar-refractivity contribution in [3.05, 3.63) is 30.4 Å². The molecule has 0 amide bonds. The van der Waals surface area contributed by atoms with Crippen molar-refractivity contribution < 1.29 is 0 Å². The Kier molecular flexibility index (Phi) is 3.11. The first-order chi connectivity index (χ1) is 5.81. The van der Waals surface area contributed by atoms with Crippen molar-refractivity contribution in [2.75, 3.05) is 0 Å². The Morgan fingerprint density at radius 1 is 1.75 bits per heavy atom. The maximum absolute atomic E-state index is 5.64. The fourth-order valence-corrected chi connectivity index (χ4v) is 1.08. The quantitative estimate of drug-likeness (QED) is 0.658. The molecule has 0 fully saturated rings. The zero-order chi connectivity index (χ0) is 8.97. The maximum Gasteiger partial charge on any atom is 0.136 e. The smallest absolute Gasteiger partial charge is 0.136 e. The van der Waals surface area contributed by atoms with Crippen molar-refractivity contribution in [2.45, 2.75) is 12.8 Å².